The summed E-state index contributed by atoms with van der Waals surface area (Å²) in [4.78, 5) is 29.6. The fraction of sp³-hybridized carbons (Fsp3) is 0.529. The molecule has 2 spiro atoms. The summed E-state index contributed by atoms with van der Waals surface area (Å²) in [6.07, 6.45) is 8.23. The largest absolute Gasteiger partial charge is 0.490 e. The molecule has 2 amide bonds. The van der Waals surface area contributed by atoms with Crippen molar-refractivity contribution in [3.63, 3.8) is 0 Å². The van der Waals surface area contributed by atoms with Gasteiger partial charge in [-0.2, -0.15) is 0 Å². The van der Waals surface area contributed by atoms with Crippen LogP contribution in [0.3, 0.4) is 0 Å². The van der Waals surface area contributed by atoms with Crippen LogP contribution < -0.4 is 14.4 Å². The fourth-order valence-electron chi connectivity index (χ4n) is 7.51. The Kier molecular flexibility index (Phi) is 8.00. The van der Waals surface area contributed by atoms with Crippen LogP contribution in [0.5, 0.6) is 5.75 Å². The van der Waals surface area contributed by atoms with Crippen molar-refractivity contribution in [2.45, 2.75) is 67.0 Å². The number of aryl methyl sites for hydroxylation is 1. The third-order valence-corrected chi connectivity index (χ3v) is 12.0. The van der Waals surface area contributed by atoms with E-state index in [1.54, 1.807) is 32.3 Å². The number of benzene rings is 2. The number of nitrogens with zero attached hydrogens (tertiary/aromatic N) is 2. The maximum Gasteiger partial charge on any atom is 0.409 e. The molecule has 2 saturated carbocycles. The molecule has 2 aliphatic heterocycles. The zero-order valence-corrected chi connectivity index (χ0v) is 27.7. The first-order valence-corrected chi connectivity index (χ1v) is 17.9. The molecule has 10 nitrogen and oxygen atoms in total. The Balaban J connectivity index is 1.30. The smallest absolute Gasteiger partial charge is 0.409 e. The van der Waals surface area contributed by atoms with Crippen LogP contribution in [-0.2, 0) is 36.1 Å². The maximum atomic E-state index is 13.6. The van der Waals surface area contributed by atoms with Crippen LogP contribution in [0.1, 0.15) is 49.7 Å². The van der Waals surface area contributed by atoms with E-state index in [0.717, 1.165) is 32.1 Å². The van der Waals surface area contributed by atoms with Gasteiger partial charge in [-0.15, -0.1) is 0 Å². The predicted molar refractivity (Wildman–Crippen MR) is 173 cm³/mol. The van der Waals surface area contributed by atoms with Gasteiger partial charge in [0.15, 0.2) is 0 Å². The molecule has 0 unspecified atom stereocenters. The van der Waals surface area contributed by atoms with Gasteiger partial charge in [-0.05, 0) is 98.4 Å². The van der Waals surface area contributed by atoms with Crippen molar-refractivity contribution >= 4 is 39.3 Å². The molecule has 7 rings (SSSR count). The Labute approximate surface area is 275 Å². The summed E-state index contributed by atoms with van der Waals surface area (Å²) in [7, 11) is -0.868. The second-order valence-electron chi connectivity index (χ2n) is 13.6. The Morgan fingerprint density at radius 1 is 1.13 bits per heavy atom. The fourth-order valence-corrected chi connectivity index (χ4v) is 8.77. The highest BCUT2D eigenvalue weighted by Gasteiger charge is 2.53. The number of ether oxygens (including phenoxy) is 3. The van der Waals surface area contributed by atoms with Gasteiger partial charge in [-0.1, -0.05) is 23.7 Å². The van der Waals surface area contributed by atoms with Crippen molar-refractivity contribution in [2.75, 3.05) is 45.3 Å². The van der Waals surface area contributed by atoms with Crippen LogP contribution >= 0.6 is 11.6 Å². The Morgan fingerprint density at radius 2 is 1.96 bits per heavy atom. The molecule has 3 aliphatic carbocycles. The minimum Gasteiger partial charge on any atom is -0.490 e. The lowest BCUT2D eigenvalue weighted by Gasteiger charge is -2.46. The van der Waals surface area contributed by atoms with E-state index in [1.165, 1.54) is 22.1 Å². The number of carbonyl (C=O) groups is 2. The number of amides is 2. The third kappa shape index (κ3) is 5.75. The van der Waals surface area contributed by atoms with E-state index in [4.69, 9.17) is 25.8 Å². The van der Waals surface area contributed by atoms with E-state index in [0.29, 0.717) is 49.0 Å². The average molecular weight is 670 g/mol. The highest BCUT2D eigenvalue weighted by atomic mass is 35.5. The Bertz CT molecular complexity index is 1690. The lowest BCUT2D eigenvalue weighted by atomic mass is 9.68. The standard InChI is InChI=1S/C34H40ClN3O7S/c1-37(2)32(40)45-29-6-4-16-44-34(14-15-34)31(39)36-46(41,42)25-9-12-30-28(18-25)38(19-23-7-10-26(23)29)20-33(21-43-30)13-3-5-22-17-24(35)8-11-27(22)33/h4,6,8-9,11-12,17-18,23,26,29H,3,5,7,10,13-16,19-21H2,1-2H3,(H,36,39)/b6-4+/t23-,26+,29+,33-/m0/s1. The monoisotopic (exact) mass is 669 g/mol. The van der Waals surface area contributed by atoms with Gasteiger partial charge in [-0.25, -0.2) is 17.9 Å². The van der Waals surface area contributed by atoms with E-state index in [9.17, 15) is 18.0 Å². The quantitative estimate of drug-likeness (QED) is 0.430. The number of fused-ring (bicyclic) bond motifs is 4. The van der Waals surface area contributed by atoms with Gasteiger partial charge in [0.05, 0.1) is 23.8 Å². The van der Waals surface area contributed by atoms with Gasteiger partial charge in [-0.3, -0.25) is 4.79 Å². The number of rotatable bonds is 1. The summed E-state index contributed by atoms with van der Waals surface area (Å²) in [5, 5.41) is 0.706. The van der Waals surface area contributed by atoms with Crippen LogP contribution in [0.15, 0.2) is 53.4 Å². The van der Waals surface area contributed by atoms with Gasteiger partial charge < -0.3 is 24.0 Å². The molecule has 2 fully saturated rings. The molecule has 46 heavy (non-hydrogen) atoms. The molecule has 4 atom stereocenters. The van der Waals surface area contributed by atoms with E-state index in [2.05, 4.69) is 15.7 Å². The van der Waals surface area contributed by atoms with Crippen LogP contribution in [0, 0.1) is 11.8 Å². The van der Waals surface area contributed by atoms with Crippen molar-refractivity contribution in [3.05, 3.63) is 64.7 Å². The topological polar surface area (TPSA) is 114 Å². The SMILES string of the molecule is CN(C)C(=O)O[C@@H]1/C=C/COC2(CC2)C(=O)NS(=O)(=O)c2ccc3c(c2)N(C[C@@H]2CC[C@H]21)C[C@@]1(CCCc2cc(Cl)ccc21)CO3. The second-order valence-corrected chi connectivity index (χ2v) is 15.8. The average Bonchev–Trinajstić information content (AvgIpc) is 3.81. The molecule has 5 aliphatic rings. The molecule has 246 valence electrons. The summed E-state index contributed by atoms with van der Waals surface area (Å²) < 4.78 is 47.9. The summed E-state index contributed by atoms with van der Waals surface area (Å²) >= 11 is 6.41. The first kappa shape index (κ1) is 31.3. The Hall–Kier alpha value is -3.28. The molecule has 1 N–H and O–H groups in total. The second kappa shape index (κ2) is 11.8. The first-order valence-electron chi connectivity index (χ1n) is 16.1. The van der Waals surface area contributed by atoms with Crippen LogP contribution in [0.4, 0.5) is 10.5 Å². The number of halogens is 1. The predicted octanol–water partition coefficient (Wildman–Crippen LogP) is 4.83. The molecule has 2 aromatic rings. The molecular weight excluding hydrogens is 630 g/mol. The van der Waals surface area contributed by atoms with Crippen molar-refractivity contribution < 1.29 is 32.2 Å². The lowest BCUT2D eigenvalue weighted by Crippen LogP contribution is -2.50. The number of carbonyl (C=O) groups excluding carboxylic acids is 2. The molecule has 0 saturated heterocycles. The van der Waals surface area contributed by atoms with E-state index in [-0.39, 0.29) is 28.8 Å². The van der Waals surface area contributed by atoms with E-state index < -0.39 is 33.7 Å². The molecule has 2 bridgehead atoms. The van der Waals surface area contributed by atoms with Gasteiger partial charge >= 0.3 is 6.09 Å². The zero-order chi connectivity index (χ0) is 32.3. The lowest BCUT2D eigenvalue weighted by molar-refractivity contribution is -0.132. The van der Waals surface area contributed by atoms with Gasteiger partial charge in [0.1, 0.15) is 17.5 Å². The third-order valence-electron chi connectivity index (χ3n) is 10.4. The summed E-state index contributed by atoms with van der Waals surface area (Å²) in [5.74, 6) is 0.142. The summed E-state index contributed by atoms with van der Waals surface area (Å²) in [6.45, 7) is 1.76. The summed E-state index contributed by atoms with van der Waals surface area (Å²) in [5.41, 5.74) is 1.56. The minimum atomic E-state index is -4.19. The normalized spacial score (nSPS) is 30.0. The molecule has 2 aromatic carbocycles. The summed E-state index contributed by atoms with van der Waals surface area (Å²) in [6, 6.07) is 10.9. The number of anilines is 1. The first-order chi connectivity index (χ1) is 22.0. The molecule has 2 heterocycles. The Morgan fingerprint density at radius 3 is 2.70 bits per heavy atom. The molecular formula is C34H40ClN3O7S. The van der Waals surface area contributed by atoms with Crippen LogP contribution in [0.25, 0.3) is 0 Å². The van der Waals surface area contributed by atoms with E-state index >= 15 is 0 Å². The number of sulfonamides is 1. The molecule has 0 radical (unpaired) electrons. The minimum absolute atomic E-state index is 0.00860. The van der Waals surface area contributed by atoms with E-state index in [1.807, 2.05) is 18.2 Å². The van der Waals surface area contributed by atoms with Crippen LogP contribution in [-0.4, -0.2) is 77.4 Å². The van der Waals surface area contributed by atoms with Crippen molar-refractivity contribution in [3.8, 4) is 5.75 Å². The highest BCUT2D eigenvalue weighted by Crippen LogP contribution is 2.47. The highest BCUT2D eigenvalue weighted by molar-refractivity contribution is 7.90. The number of nitrogens with one attached hydrogen (secondary N) is 1. The maximum absolute atomic E-state index is 13.6. The number of hydrogen-bond donors (Lipinski definition) is 1. The van der Waals surface area contributed by atoms with Crippen LogP contribution in [0.2, 0.25) is 5.02 Å². The molecule has 0 aromatic heterocycles. The van der Waals surface area contributed by atoms with Gasteiger partial charge in [0, 0.05) is 43.5 Å². The van der Waals surface area contributed by atoms with Crippen molar-refractivity contribution in [2.24, 2.45) is 11.8 Å². The zero-order valence-electron chi connectivity index (χ0n) is 26.2. The van der Waals surface area contributed by atoms with Gasteiger partial charge in [0.2, 0.25) is 0 Å². The molecule has 12 heteroatoms. The van der Waals surface area contributed by atoms with Crippen molar-refractivity contribution in [1.29, 1.82) is 0 Å². The van der Waals surface area contributed by atoms with Crippen molar-refractivity contribution in [1.82, 2.24) is 9.62 Å². The number of hydrogen-bond acceptors (Lipinski definition) is 8. The van der Waals surface area contributed by atoms with Gasteiger partial charge in [0.25, 0.3) is 15.9 Å².